The van der Waals surface area contributed by atoms with E-state index in [1.807, 2.05) is 30.5 Å². The van der Waals surface area contributed by atoms with Crippen molar-refractivity contribution in [2.45, 2.75) is 13.1 Å². The Morgan fingerprint density at radius 2 is 1.47 bits per heavy atom. The van der Waals surface area contributed by atoms with Gasteiger partial charge in [-0.15, -0.1) is 11.6 Å². The first kappa shape index (κ1) is 21.3. The number of aliphatic imine (C=N–C) groups is 2. The summed E-state index contributed by atoms with van der Waals surface area (Å²) in [5.74, 6) is 1.79. The van der Waals surface area contributed by atoms with E-state index >= 15 is 0 Å². The minimum absolute atomic E-state index is 0.295. The molecule has 0 bridgehead atoms. The van der Waals surface area contributed by atoms with Crippen molar-refractivity contribution in [1.82, 2.24) is 0 Å². The molecule has 10 heteroatoms. The Hall–Kier alpha value is -3.42. The van der Waals surface area contributed by atoms with Gasteiger partial charge < -0.3 is 20.9 Å². The summed E-state index contributed by atoms with van der Waals surface area (Å²) in [7, 11) is 0. The minimum atomic E-state index is 0.295. The molecule has 0 aromatic heterocycles. The number of fused-ring (bicyclic) bond motifs is 2. The summed E-state index contributed by atoms with van der Waals surface area (Å²) in [6.07, 6.45) is 3.63. The summed E-state index contributed by atoms with van der Waals surface area (Å²) in [5, 5.41) is 3.38. The third kappa shape index (κ3) is 5.34. The topological polar surface area (TPSA) is 144 Å². The maximum absolute atomic E-state index is 8.11. The number of nitrogens with two attached hydrogens (primary N) is 2. The first-order valence-electron chi connectivity index (χ1n) is 9.29. The number of rotatable bonds is 7. The quantitative estimate of drug-likeness (QED) is 0.173. The van der Waals surface area contributed by atoms with E-state index in [1.54, 1.807) is 6.21 Å². The fourth-order valence-electron chi connectivity index (χ4n) is 2.95. The normalized spacial score (nSPS) is 12.4. The lowest BCUT2D eigenvalue weighted by atomic mass is 10.1. The molecule has 2 aliphatic rings. The van der Waals surface area contributed by atoms with Gasteiger partial charge in [-0.3, -0.25) is 9.98 Å². The van der Waals surface area contributed by atoms with Gasteiger partial charge in [0.15, 0.2) is 0 Å². The molecular formula is C20H22ClN7O2. The third-order valence-electron chi connectivity index (χ3n) is 4.37. The van der Waals surface area contributed by atoms with E-state index in [4.69, 9.17) is 38.1 Å². The van der Waals surface area contributed by atoms with Crippen molar-refractivity contribution in [2.24, 2.45) is 15.1 Å². The molecule has 156 valence electrons. The zero-order valence-corrected chi connectivity index (χ0v) is 17.0. The van der Waals surface area contributed by atoms with Crippen LogP contribution >= 0.6 is 11.6 Å². The summed E-state index contributed by atoms with van der Waals surface area (Å²) in [6, 6.07) is 7.54. The van der Waals surface area contributed by atoms with Gasteiger partial charge in [-0.1, -0.05) is 5.11 Å². The zero-order chi connectivity index (χ0) is 21.3. The van der Waals surface area contributed by atoms with E-state index in [-0.39, 0.29) is 0 Å². The average molecular weight is 428 g/mol. The van der Waals surface area contributed by atoms with Crippen LogP contribution in [0.3, 0.4) is 0 Å². The number of benzene rings is 2. The Balaban J connectivity index is 0.000000172. The molecule has 0 spiro atoms. The summed E-state index contributed by atoms with van der Waals surface area (Å²) >= 11 is 5.53. The zero-order valence-electron chi connectivity index (χ0n) is 16.3. The Bertz CT molecular complexity index is 1020. The molecule has 2 aliphatic heterocycles. The average Bonchev–Trinajstić information content (AvgIpc) is 3.38. The maximum Gasteiger partial charge on any atom is 0.142 e. The summed E-state index contributed by atoms with van der Waals surface area (Å²) in [6.45, 7) is 2.48. The van der Waals surface area contributed by atoms with Crippen molar-refractivity contribution in [1.29, 1.82) is 0 Å². The van der Waals surface area contributed by atoms with Gasteiger partial charge in [-0.2, -0.15) is 0 Å². The number of ether oxygens (including phenoxy) is 2. The van der Waals surface area contributed by atoms with Crippen LogP contribution in [0, 0.1) is 0 Å². The molecule has 0 amide bonds. The van der Waals surface area contributed by atoms with Crippen LogP contribution in [0.25, 0.3) is 10.4 Å². The number of nitrogens with zero attached hydrogens (tertiary/aromatic N) is 5. The van der Waals surface area contributed by atoms with Crippen molar-refractivity contribution in [3.63, 3.8) is 0 Å². The van der Waals surface area contributed by atoms with Crippen LogP contribution in [0.15, 0.2) is 39.4 Å². The predicted molar refractivity (Wildman–Crippen MR) is 120 cm³/mol. The van der Waals surface area contributed by atoms with Crippen LogP contribution in [0.2, 0.25) is 0 Å². The molecule has 0 unspecified atom stereocenters. The molecule has 2 heterocycles. The van der Waals surface area contributed by atoms with Gasteiger partial charge in [0.25, 0.3) is 0 Å². The lowest BCUT2D eigenvalue weighted by Gasteiger charge is -2.09. The second-order valence-corrected chi connectivity index (χ2v) is 6.84. The van der Waals surface area contributed by atoms with Crippen LogP contribution in [-0.4, -0.2) is 38.1 Å². The van der Waals surface area contributed by atoms with E-state index in [9.17, 15) is 0 Å². The van der Waals surface area contributed by atoms with Gasteiger partial charge in [0, 0.05) is 17.3 Å². The van der Waals surface area contributed by atoms with Gasteiger partial charge >= 0.3 is 0 Å². The molecule has 0 fully saturated rings. The fraction of sp³-hybridized carbons (Fsp3) is 0.300. The van der Waals surface area contributed by atoms with Gasteiger partial charge in [0.05, 0.1) is 43.5 Å². The van der Waals surface area contributed by atoms with Crippen LogP contribution < -0.4 is 20.9 Å². The molecule has 30 heavy (non-hydrogen) atoms. The number of hydrogen-bond acceptors (Lipinski definition) is 7. The fourth-order valence-corrected chi connectivity index (χ4v) is 3.03. The van der Waals surface area contributed by atoms with E-state index in [2.05, 4.69) is 20.0 Å². The standard InChI is InChI=1S/C10H11ClN2O.C10H11N5O/c11-1-2-14-10-4-8-6-13-5-7(8)3-9(10)12;11-9-3-7-5-13-6-8(7)4-10(9)16-2-1-14-15-12/h3-5H,1-2,6,12H2;3-5H,1-2,6,11H2. The van der Waals surface area contributed by atoms with Gasteiger partial charge in [0.2, 0.25) is 0 Å². The van der Waals surface area contributed by atoms with Crippen molar-refractivity contribution >= 4 is 35.4 Å². The SMILES string of the molecule is Nc1cc2c(cc1OCCCl)CN=C2.[N-]=[N+]=NCCOc1cc2c(cc1N)C=NC2. The third-order valence-corrected chi connectivity index (χ3v) is 4.53. The largest absolute Gasteiger partial charge is 0.491 e. The Morgan fingerprint density at radius 1 is 0.933 bits per heavy atom. The number of halogens is 1. The van der Waals surface area contributed by atoms with Crippen molar-refractivity contribution in [3.8, 4) is 11.5 Å². The molecular weight excluding hydrogens is 406 g/mol. The van der Waals surface area contributed by atoms with E-state index in [0.29, 0.717) is 61.6 Å². The highest BCUT2D eigenvalue weighted by Crippen LogP contribution is 2.29. The Labute approximate surface area is 179 Å². The summed E-state index contributed by atoms with van der Waals surface area (Å²) in [5.41, 5.74) is 25.3. The second kappa shape index (κ2) is 10.4. The first-order chi connectivity index (χ1) is 14.6. The molecule has 4 N–H and O–H groups in total. The molecule has 4 rings (SSSR count). The highest BCUT2D eigenvalue weighted by Gasteiger charge is 2.11. The Morgan fingerprint density at radius 3 is 1.97 bits per heavy atom. The summed E-state index contributed by atoms with van der Waals surface area (Å²) < 4.78 is 10.8. The smallest absolute Gasteiger partial charge is 0.142 e. The van der Waals surface area contributed by atoms with Crippen molar-refractivity contribution in [2.75, 3.05) is 37.1 Å². The second-order valence-electron chi connectivity index (χ2n) is 6.46. The van der Waals surface area contributed by atoms with Gasteiger partial charge in [0.1, 0.15) is 18.1 Å². The lowest BCUT2D eigenvalue weighted by molar-refractivity contribution is 0.329. The number of hydrogen-bond donors (Lipinski definition) is 2. The highest BCUT2D eigenvalue weighted by atomic mass is 35.5. The summed E-state index contributed by atoms with van der Waals surface area (Å²) in [4.78, 5) is 10.9. The molecule has 0 radical (unpaired) electrons. The van der Waals surface area contributed by atoms with E-state index in [0.717, 1.165) is 22.3 Å². The molecule has 0 saturated heterocycles. The maximum atomic E-state index is 8.11. The number of alkyl halides is 1. The first-order valence-corrected chi connectivity index (χ1v) is 9.82. The van der Waals surface area contributed by atoms with E-state index in [1.165, 1.54) is 0 Å². The molecule has 0 aliphatic carbocycles. The molecule has 0 atom stereocenters. The van der Waals surface area contributed by atoms with Crippen LogP contribution in [0.1, 0.15) is 22.3 Å². The Kier molecular flexibility index (Phi) is 7.37. The van der Waals surface area contributed by atoms with Gasteiger partial charge in [-0.05, 0) is 52.1 Å². The van der Waals surface area contributed by atoms with E-state index < -0.39 is 0 Å². The lowest BCUT2D eigenvalue weighted by Crippen LogP contribution is -2.04. The van der Waals surface area contributed by atoms with Crippen LogP contribution in [-0.2, 0) is 13.1 Å². The molecule has 0 saturated carbocycles. The number of azide groups is 1. The number of nitrogen functional groups attached to an aromatic ring is 2. The highest BCUT2D eigenvalue weighted by molar-refractivity contribution is 6.18. The minimum Gasteiger partial charge on any atom is -0.491 e. The van der Waals surface area contributed by atoms with Crippen LogP contribution in [0.5, 0.6) is 11.5 Å². The van der Waals surface area contributed by atoms with Gasteiger partial charge in [-0.25, -0.2) is 0 Å². The molecule has 2 aromatic carbocycles. The predicted octanol–water partition coefficient (Wildman–Crippen LogP) is 3.71. The number of anilines is 2. The van der Waals surface area contributed by atoms with Crippen molar-refractivity contribution < 1.29 is 9.47 Å². The van der Waals surface area contributed by atoms with Crippen LogP contribution in [0.4, 0.5) is 11.4 Å². The molecule has 2 aromatic rings. The molecule has 9 nitrogen and oxygen atoms in total. The van der Waals surface area contributed by atoms with Crippen molar-refractivity contribution in [3.05, 3.63) is 57.0 Å². The monoisotopic (exact) mass is 427 g/mol.